The van der Waals surface area contributed by atoms with E-state index < -0.39 is 5.97 Å². The van der Waals surface area contributed by atoms with Gasteiger partial charge in [0.15, 0.2) is 0 Å². The molecule has 25 heavy (non-hydrogen) atoms. The molecule has 2 heterocycles. The maximum absolute atomic E-state index is 11.8. The van der Waals surface area contributed by atoms with E-state index in [2.05, 4.69) is 4.85 Å². The lowest BCUT2D eigenvalue weighted by molar-refractivity contribution is 0.0701. The highest BCUT2D eigenvalue weighted by molar-refractivity contribution is 7.18. The van der Waals surface area contributed by atoms with Gasteiger partial charge in [0.05, 0.1) is 24.8 Å². The highest BCUT2D eigenvalue weighted by Crippen LogP contribution is 2.48. The molecular formula is C18H17ClN2O3S. The van der Waals surface area contributed by atoms with Gasteiger partial charge in [-0.2, -0.15) is 0 Å². The number of carboxylic acid groups (broad SMARTS) is 1. The molecule has 1 saturated heterocycles. The van der Waals surface area contributed by atoms with E-state index in [1.54, 1.807) is 12.1 Å². The Hall–Kier alpha value is -2.07. The van der Waals surface area contributed by atoms with E-state index in [9.17, 15) is 9.90 Å². The minimum atomic E-state index is -0.995. The Morgan fingerprint density at radius 2 is 2.00 bits per heavy atom. The van der Waals surface area contributed by atoms with Crippen LogP contribution < -0.4 is 4.90 Å². The van der Waals surface area contributed by atoms with Crippen LogP contribution in [0.3, 0.4) is 0 Å². The number of carbonyl (C=O) groups is 1. The lowest BCUT2D eigenvalue weighted by atomic mass is 9.92. The van der Waals surface area contributed by atoms with Crippen molar-refractivity contribution in [3.05, 3.63) is 56.7 Å². The summed E-state index contributed by atoms with van der Waals surface area (Å²) in [5.41, 5.74) is 1.95. The largest absolute Gasteiger partial charge is 0.477 e. The predicted molar refractivity (Wildman–Crippen MR) is 99.5 cm³/mol. The quantitative estimate of drug-likeness (QED) is 0.790. The van der Waals surface area contributed by atoms with Crippen LogP contribution in [0.1, 0.15) is 33.6 Å². The molecule has 1 unspecified atom stereocenters. The summed E-state index contributed by atoms with van der Waals surface area (Å²) in [6, 6.07) is 7.30. The maximum Gasteiger partial charge on any atom is 0.344 e. The van der Waals surface area contributed by atoms with Crippen molar-refractivity contribution in [2.24, 2.45) is 0 Å². The van der Waals surface area contributed by atoms with E-state index in [0.717, 1.165) is 10.6 Å². The number of rotatable bonds is 4. The summed E-state index contributed by atoms with van der Waals surface area (Å²) < 4.78 is 5.36. The Morgan fingerprint density at radius 3 is 2.56 bits per heavy atom. The Kier molecular flexibility index (Phi) is 5.28. The lowest BCUT2D eigenvalue weighted by Crippen LogP contribution is -2.35. The number of nitrogens with zero attached hydrogens (tertiary/aromatic N) is 2. The van der Waals surface area contributed by atoms with Gasteiger partial charge in [0, 0.05) is 18.1 Å². The number of benzene rings is 1. The molecule has 0 saturated carbocycles. The number of aromatic carboxylic acids is 1. The maximum atomic E-state index is 11.8. The highest BCUT2D eigenvalue weighted by atomic mass is 35.5. The third-order valence-corrected chi connectivity index (χ3v) is 5.80. The van der Waals surface area contributed by atoms with E-state index in [1.807, 2.05) is 24.0 Å². The second kappa shape index (κ2) is 7.44. The fourth-order valence-corrected chi connectivity index (χ4v) is 4.34. The number of morpholine rings is 1. The standard InChI is InChI=1S/C18H17ClN2O3S/c1-11(12-3-5-13(19)6-4-12)14-15(20-2)17(25-16(14)18(22)23)21-7-9-24-10-8-21/h3-6,11H,7-10H2,1H3,(H,22,23). The number of hydrogen-bond acceptors (Lipinski definition) is 4. The van der Waals surface area contributed by atoms with Crippen LogP contribution in [0.25, 0.3) is 4.85 Å². The second-order valence-electron chi connectivity index (χ2n) is 5.79. The van der Waals surface area contributed by atoms with Gasteiger partial charge in [0.1, 0.15) is 4.88 Å². The fourth-order valence-electron chi connectivity index (χ4n) is 2.99. The van der Waals surface area contributed by atoms with Gasteiger partial charge in [-0.3, -0.25) is 0 Å². The molecule has 1 N–H and O–H groups in total. The Bertz CT molecular complexity index is 820. The van der Waals surface area contributed by atoms with Crippen molar-refractivity contribution in [1.82, 2.24) is 0 Å². The molecular weight excluding hydrogens is 360 g/mol. The zero-order chi connectivity index (χ0) is 18.0. The van der Waals surface area contributed by atoms with Gasteiger partial charge in [0.25, 0.3) is 0 Å². The van der Waals surface area contributed by atoms with Crippen molar-refractivity contribution >= 4 is 39.6 Å². The Morgan fingerprint density at radius 1 is 1.36 bits per heavy atom. The van der Waals surface area contributed by atoms with E-state index in [4.69, 9.17) is 22.9 Å². The van der Waals surface area contributed by atoms with Crippen LogP contribution in [0.2, 0.25) is 5.02 Å². The van der Waals surface area contributed by atoms with Crippen molar-refractivity contribution in [3.8, 4) is 0 Å². The van der Waals surface area contributed by atoms with Crippen LogP contribution in [0.15, 0.2) is 24.3 Å². The summed E-state index contributed by atoms with van der Waals surface area (Å²) in [6.07, 6.45) is 0. The molecule has 1 aliphatic rings. The zero-order valence-corrected chi connectivity index (χ0v) is 15.2. The monoisotopic (exact) mass is 376 g/mol. The number of thiophene rings is 1. The molecule has 1 aliphatic heterocycles. The first-order chi connectivity index (χ1) is 12.0. The number of ether oxygens (including phenoxy) is 1. The van der Waals surface area contributed by atoms with Crippen molar-refractivity contribution < 1.29 is 14.6 Å². The summed E-state index contributed by atoms with van der Waals surface area (Å²) in [7, 11) is 0. The topological polar surface area (TPSA) is 54.1 Å². The summed E-state index contributed by atoms with van der Waals surface area (Å²) in [5.74, 6) is -1.20. The molecule has 2 aromatic rings. The van der Waals surface area contributed by atoms with Crippen LogP contribution in [-0.2, 0) is 4.74 Å². The summed E-state index contributed by atoms with van der Waals surface area (Å²) in [4.78, 5) is 17.8. The van der Waals surface area contributed by atoms with E-state index in [0.29, 0.717) is 42.6 Å². The van der Waals surface area contributed by atoms with Gasteiger partial charge in [0.2, 0.25) is 5.69 Å². The molecule has 5 nitrogen and oxygen atoms in total. The summed E-state index contributed by atoms with van der Waals surface area (Å²) in [6.45, 7) is 12.1. The van der Waals surface area contributed by atoms with E-state index >= 15 is 0 Å². The molecule has 3 rings (SSSR count). The molecule has 1 atom stereocenters. The molecule has 130 valence electrons. The van der Waals surface area contributed by atoms with Gasteiger partial charge in [-0.25, -0.2) is 9.64 Å². The first kappa shape index (κ1) is 17.7. The Labute approximate surface area is 155 Å². The zero-order valence-electron chi connectivity index (χ0n) is 13.7. The summed E-state index contributed by atoms with van der Waals surface area (Å²) in [5, 5.41) is 11.0. The second-order valence-corrected chi connectivity index (χ2v) is 7.22. The molecule has 1 aromatic heterocycles. The van der Waals surface area contributed by atoms with Crippen molar-refractivity contribution in [3.63, 3.8) is 0 Å². The normalized spacial score (nSPS) is 15.6. The molecule has 0 amide bonds. The number of halogens is 1. The fraction of sp³-hybridized carbons (Fsp3) is 0.333. The highest BCUT2D eigenvalue weighted by Gasteiger charge is 2.30. The van der Waals surface area contributed by atoms with Gasteiger partial charge in [-0.05, 0) is 29.2 Å². The smallest absolute Gasteiger partial charge is 0.344 e. The van der Waals surface area contributed by atoms with Crippen LogP contribution in [0.4, 0.5) is 10.7 Å². The first-order valence-electron chi connectivity index (χ1n) is 7.88. The van der Waals surface area contributed by atoms with Gasteiger partial charge in [-0.15, -0.1) is 11.3 Å². The molecule has 0 aliphatic carbocycles. The number of anilines is 1. The lowest BCUT2D eigenvalue weighted by Gasteiger charge is -2.28. The van der Waals surface area contributed by atoms with Gasteiger partial charge < -0.3 is 14.7 Å². The minimum absolute atomic E-state index is 0.210. The summed E-state index contributed by atoms with van der Waals surface area (Å²) >= 11 is 7.13. The van der Waals surface area contributed by atoms with Crippen molar-refractivity contribution in [1.29, 1.82) is 0 Å². The number of carboxylic acids is 1. The molecule has 0 spiro atoms. The van der Waals surface area contributed by atoms with Gasteiger partial charge in [-0.1, -0.05) is 30.7 Å². The SMILES string of the molecule is [C-]#[N+]c1c(N2CCOCC2)sc(C(=O)O)c1C(C)c1ccc(Cl)cc1. The molecule has 0 radical (unpaired) electrons. The molecule has 1 fully saturated rings. The van der Waals surface area contributed by atoms with E-state index in [-0.39, 0.29) is 10.8 Å². The third kappa shape index (κ3) is 3.49. The van der Waals surface area contributed by atoms with Crippen LogP contribution >= 0.6 is 22.9 Å². The third-order valence-electron chi connectivity index (χ3n) is 4.31. The number of hydrogen-bond donors (Lipinski definition) is 1. The Balaban J connectivity index is 2.10. The van der Waals surface area contributed by atoms with Crippen molar-refractivity contribution in [2.75, 3.05) is 31.2 Å². The van der Waals surface area contributed by atoms with Crippen molar-refractivity contribution in [2.45, 2.75) is 12.8 Å². The van der Waals surface area contributed by atoms with Crippen LogP contribution in [0, 0.1) is 6.57 Å². The van der Waals surface area contributed by atoms with Gasteiger partial charge >= 0.3 is 5.97 Å². The average Bonchev–Trinajstić information content (AvgIpc) is 3.02. The average molecular weight is 377 g/mol. The first-order valence-corrected chi connectivity index (χ1v) is 9.08. The molecule has 7 heteroatoms. The predicted octanol–water partition coefficient (Wildman–Crippen LogP) is 4.64. The molecule has 0 bridgehead atoms. The van der Waals surface area contributed by atoms with Crippen LogP contribution in [0.5, 0.6) is 0 Å². The minimum Gasteiger partial charge on any atom is -0.477 e. The van der Waals surface area contributed by atoms with Crippen LogP contribution in [-0.4, -0.2) is 37.4 Å². The van der Waals surface area contributed by atoms with E-state index in [1.165, 1.54) is 11.3 Å². The molecule has 1 aromatic carbocycles.